The molecule has 0 aliphatic carbocycles. The van der Waals surface area contributed by atoms with E-state index in [1.54, 1.807) is 25.1 Å². The van der Waals surface area contributed by atoms with E-state index < -0.39 is 17.6 Å². The fourth-order valence-electron chi connectivity index (χ4n) is 2.04. The Morgan fingerprint density at radius 3 is 2.77 bits per heavy atom. The van der Waals surface area contributed by atoms with Gasteiger partial charge in [-0.15, -0.1) is 0 Å². The molecule has 7 nitrogen and oxygen atoms in total. The van der Waals surface area contributed by atoms with Crippen molar-refractivity contribution in [2.24, 2.45) is 5.73 Å². The summed E-state index contributed by atoms with van der Waals surface area (Å²) < 4.78 is 5.09. The largest absolute Gasteiger partial charge is 0.480 e. The predicted molar refractivity (Wildman–Crippen MR) is 80.7 cm³/mol. The van der Waals surface area contributed by atoms with Crippen molar-refractivity contribution in [1.82, 2.24) is 0 Å². The minimum Gasteiger partial charge on any atom is -0.480 e. The molecule has 0 spiro atoms. The summed E-state index contributed by atoms with van der Waals surface area (Å²) in [6, 6.07) is 5.31. The van der Waals surface area contributed by atoms with Crippen molar-refractivity contribution in [2.45, 2.75) is 25.8 Å². The molecule has 0 saturated carbocycles. The Morgan fingerprint density at radius 1 is 1.36 bits per heavy atom. The summed E-state index contributed by atoms with van der Waals surface area (Å²) in [5.41, 5.74) is 6.51. The third kappa shape index (κ3) is 3.70. The van der Waals surface area contributed by atoms with Crippen LogP contribution in [0.25, 0.3) is 11.0 Å². The van der Waals surface area contributed by atoms with Gasteiger partial charge in [0.1, 0.15) is 11.6 Å². The molecule has 0 bridgehead atoms. The van der Waals surface area contributed by atoms with Crippen molar-refractivity contribution < 1.29 is 19.1 Å². The van der Waals surface area contributed by atoms with Crippen LogP contribution in [0, 0.1) is 6.92 Å². The molecule has 1 aromatic carbocycles. The first-order valence-corrected chi connectivity index (χ1v) is 6.69. The summed E-state index contributed by atoms with van der Waals surface area (Å²) >= 11 is 0. The topological polar surface area (TPSA) is 123 Å². The Hall–Kier alpha value is -2.67. The van der Waals surface area contributed by atoms with E-state index in [0.717, 1.165) is 10.9 Å². The van der Waals surface area contributed by atoms with Gasteiger partial charge in [-0.25, -0.2) is 4.79 Å². The molecule has 0 fully saturated rings. The Morgan fingerprint density at radius 2 is 2.09 bits per heavy atom. The summed E-state index contributed by atoms with van der Waals surface area (Å²) in [5, 5.41) is 12.1. The minimum atomic E-state index is -1.14. The molecule has 1 amide bonds. The van der Waals surface area contributed by atoms with Crippen LogP contribution >= 0.6 is 0 Å². The molecule has 2 aromatic rings. The zero-order valence-corrected chi connectivity index (χ0v) is 12.0. The lowest BCUT2D eigenvalue weighted by atomic mass is 10.1. The molecular weight excluding hydrogens is 288 g/mol. The van der Waals surface area contributed by atoms with Gasteiger partial charge in [0, 0.05) is 29.6 Å². The van der Waals surface area contributed by atoms with Crippen molar-refractivity contribution in [3.05, 3.63) is 40.2 Å². The smallest absolute Gasteiger partial charge is 0.336 e. The average molecular weight is 304 g/mol. The van der Waals surface area contributed by atoms with Crippen LogP contribution in [-0.4, -0.2) is 23.0 Å². The highest BCUT2D eigenvalue weighted by atomic mass is 16.4. The van der Waals surface area contributed by atoms with Crippen molar-refractivity contribution in [3.63, 3.8) is 0 Å². The molecule has 1 aromatic heterocycles. The van der Waals surface area contributed by atoms with Gasteiger partial charge in [-0.2, -0.15) is 0 Å². The van der Waals surface area contributed by atoms with Gasteiger partial charge in [0.25, 0.3) is 0 Å². The van der Waals surface area contributed by atoms with Crippen molar-refractivity contribution in [2.75, 3.05) is 5.32 Å². The third-order valence-corrected chi connectivity index (χ3v) is 3.23. The second kappa shape index (κ2) is 6.40. The molecule has 4 N–H and O–H groups in total. The second-order valence-electron chi connectivity index (χ2n) is 4.99. The van der Waals surface area contributed by atoms with E-state index in [4.69, 9.17) is 15.3 Å². The van der Waals surface area contributed by atoms with E-state index >= 15 is 0 Å². The Bertz CT molecular complexity index is 781. The number of nitrogens with one attached hydrogen (secondary N) is 1. The maximum Gasteiger partial charge on any atom is 0.336 e. The van der Waals surface area contributed by atoms with E-state index in [1.807, 2.05) is 0 Å². The van der Waals surface area contributed by atoms with Gasteiger partial charge in [-0.1, -0.05) is 0 Å². The number of amides is 1. The normalized spacial score (nSPS) is 12.1. The first kappa shape index (κ1) is 15.7. The third-order valence-electron chi connectivity index (χ3n) is 3.23. The number of rotatable bonds is 5. The molecular formula is C15H16N2O5. The predicted octanol–water partition coefficient (Wildman–Crippen LogP) is 1.23. The van der Waals surface area contributed by atoms with Gasteiger partial charge >= 0.3 is 11.6 Å². The highest BCUT2D eigenvalue weighted by Crippen LogP contribution is 2.20. The van der Waals surface area contributed by atoms with Crippen LogP contribution in [-0.2, 0) is 9.59 Å². The lowest BCUT2D eigenvalue weighted by molar-refractivity contribution is -0.138. The lowest BCUT2D eigenvalue weighted by Crippen LogP contribution is -2.31. The van der Waals surface area contributed by atoms with Crippen LogP contribution in [0.15, 0.2) is 33.5 Å². The zero-order valence-electron chi connectivity index (χ0n) is 12.0. The monoisotopic (exact) mass is 304 g/mol. The van der Waals surface area contributed by atoms with Gasteiger partial charge in [-0.05, 0) is 31.0 Å². The summed E-state index contributed by atoms with van der Waals surface area (Å²) in [4.78, 5) is 33.7. The van der Waals surface area contributed by atoms with Crippen LogP contribution in [0.4, 0.5) is 5.69 Å². The van der Waals surface area contributed by atoms with E-state index in [1.165, 1.54) is 6.07 Å². The number of hydrogen-bond acceptors (Lipinski definition) is 5. The van der Waals surface area contributed by atoms with Gasteiger partial charge in [0.15, 0.2) is 0 Å². The highest BCUT2D eigenvalue weighted by Gasteiger charge is 2.13. The number of carbonyl (C=O) groups excluding carboxylic acids is 1. The molecule has 7 heteroatoms. The van der Waals surface area contributed by atoms with Gasteiger partial charge < -0.3 is 20.6 Å². The van der Waals surface area contributed by atoms with Crippen LogP contribution in [0.1, 0.15) is 18.4 Å². The first-order valence-electron chi connectivity index (χ1n) is 6.69. The molecule has 0 aliphatic rings. The fraction of sp³-hybridized carbons (Fsp3) is 0.267. The summed E-state index contributed by atoms with van der Waals surface area (Å²) in [5.74, 6) is -1.50. The molecule has 0 radical (unpaired) electrons. The van der Waals surface area contributed by atoms with Gasteiger partial charge in [-0.3, -0.25) is 9.59 Å². The number of benzene rings is 1. The fourth-order valence-corrected chi connectivity index (χ4v) is 2.04. The van der Waals surface area contributed by atoms with E-state index in [2.05, 4.69) is 5.32 Å². The van der Waals surface area contributed by atoms with Gasteiger partial charge in [0.05, 0.1) is 0 Å². The molecule has 0 aliphatic heterocycles. The van der Waals surface area contributed by atoms with E-state index in [0.29, 0.717) is 11.3 Å². The minimum absolute atomic E-state index is 0.0106. The number of carboxylic acids is 1. The number of aryl methyl sites for hydroxylation is 1. The first-order chi connectivity index (χ1) is 10.4. The summed E-state index contributed by atoms with van der Waals surface area (Å²) in [7, 11) is 0. The number of carbonyl (C=O) groups is 2. The quantitative estimate of drug-likeness (QED) is 0.714. The number of nitrogens with two attached hydrogens (primary N) is 1. The molecule has 0 unspecified atom stereocenters. The standard InChI is InChI=1S/C15H16N2O5/c1-8-6-14(19)22-12-7-9(2-3-10(8)12)17-13(18)5-4-11(16)15(20)21/h2-3,6-7,11H,4-5,16H2,1H3,(H,17,18)(H,20,21)/t11-/m1/s1. The van der Waals surface area contributed by atoms with Crippen LogP contribution in [0.3, 0.4) is 0 Å². The average Bonchev–Trinajstić information content (AvgIpc) is 2.43. The lowest BCUT2D eigenvalue weighted by Gasteiger charge is -2.08. The molecule has 1 heterocycles. The van der Waals surface area contributed by atoms with Crippen LogP contribution in [0.5, 0.6) is 0 Å². The zero-order chi connectivity index (χ0) is 16.3. The second-order valence-corrected chi connectivity index (χ2v) is 4.99. The Balaban J connectivity index is 2.10. The molecule has 0 saturated heterocycles. The maximum absolute atomic E-state index is 11.8. The Labute approximate surface area is 125 Å². The molecule has 2 rings (SSSR count). The Kier molecular flexibility index (Phi) is 4.57. The van der Waals surface area contributed by atoms with Crippen molar-refractivity contribution >= 4 is 28.5 Å². The van der Waals surface area contributed by atoms with Gasteiger partial charge in [0.2, 0.25) is 5.91 Å². The van der Waals surface area contributed by atoms with Crippen LogP contribution < -0.4 is 16.7 Å². The number of carboxylic acid groups (broad SMARTS) is 1. The maximum atomic E-state index is 11.8. The van der Waals surface area contributed by atoms with Crippen molar-refractivity contribution in [3.8, 4) is 0 Å². The number of anilines is 1. The molecule has 22 heavy (non-hydrogen) atoms. The number of aliphatic carboxylic acids is 1. The highest BCUT2D eigenvalue weighted by molar-refractivity contribution is 5.93. The van der Waals surface area contributed by atoms with Crippen molar-refractivity contribution in [1.29, 1.82) is 0 Å². The molecule has 116 valence electrons. The van der Waals surface area contributed by atoms with Crippen LogP contribution in [0.2, 0.25) is 0 Å². The molecule has 1 atom stereocenters. The number of fused-ring (bicyclic) bond motifs is 1. The summed E-state index contributed by atoms with van der Waals surface area (Å²) in [6.07, 6.45) is 0.0339. The number of hydrogen-bond donors (Lipinski definition) is 3. The SMILES string of the molecule is Cc1cc(=O)oc2cc(NC(=O)CC[C@@H](N)C(=O)O)ccc12. The van der Waals surface area contributed by atoms with E-state index in [9.17, 15) is 14.4 Å². The van der Waals surface area contributed by atoms with E-state index in [-0.39, 0.29) is 18.7 Å². The summed E-state index contributed by atoms with van der Waals surface area (Å²) in [6.45, 7) is 1.80.